The summed E-state index contributed by atoms with van der Waals surface area (Å²) in [5, 5.41) is 7.01. The number of urea groups is 1. The van der Waals surface area contributed by atoms with E-state index in [1.807, 2.05) is 31.2 Å². The molecule has 0 unspecified atom stereocenters. The average molecular weight is 322 g/mol. The third kappa shape index (κ3) is 3.40. The van der Waals surface area contributed by atoms with Gasteiger partial charge >= 0.3 is 6.03 Å². The van der Waals surface area contributed by atoms with E-state index < -0.39 is 0 Å². The number of carbonyl (C=O) groups excluding carboxylic acids is 1. The summed E-state index contributed by atoms with van der Waals surface area (Å²) in [5.41, 5.74) is 5.47. The first-order chi connectivity index (χ1) is 11.5. The number of hydrogen-bond acceptors (Lipinski definition) is 2. The molecule has 0 fully saturated rings. The average Bonchev–Trinajstić information content (AvgIpc) is 2.88. The molecule has 0 aliphatic heterocycles. The van der Waals surface area contributed by atoms with Gasteiger partial charge in [0.25, 0.3) is 0 Å². The van der Waals surface area contributed by atoms with Crippen LogP contribution >= 0.6 is 0 Å². The fraction of sp³-hybridized carbons (Fsp3) is 0.263. The lowest BCUT2D eigenvalue weighted by Gasteiger charge is -2.14. The van der Waals surface area contributed by atoms with Gasteiger partial charge in [0.05, 0.1) is 11.7 Å². The largest absolute Gasteiger partial charge is 0.358 e. The van der Waals surface area contributed by atoms with Gasteiger partial charge in [0.2, 0.25) is 0 Å². The number of rotatable bonds is 4. The van der Waals surface area contributed by atoms with Gasteiger partial charge in [-0.25, -0.2) is 4.79 Å². The summed E-state index contributed by atoms with van der Waals surface area (Å²) < 4.78 is 0. The lowest BCUT2D eigenvalue weighted by atomic mass is 10.1. The molecule has 3 aromatic rings. The molecule has 0 bridgehead atoms. The number of benzene rings is 1. The summed E-state index contributed by atoms with van der Waals surface area (Å²) in [6.45, 7) is 6.58. The minimum atomic E-state index is -0.199. The lowest BCUT2D eigenvalue weighted by Crippen LogP contribution is -2.36. The van der Waals surface area contributed by atoms with Crippen molar-refractivity contribution in [2.75, 3.05) is 0 Å². The Hall–Kier alpha value is -2.82. The predicted octanol–water partition coefficient (Wildman–Crippen LogP) is 3.74. The van der Waals surface area contributed by atoms with Crippen molar-refractivity contribution in [3.8, 4) is 0 Å². The number of aromatic amines is 1. The van der Waals surface area contributed by atoms with E-state index in [9.17, 15) is 4.79 Å². The number of nitrogens with zero attached hydrogens (tertiary/aromatic N) is 1. The highest BCUT2D eigenvalue weighted by Gasteiger charge is 2.10. The number of carbonyl (C=O) groups is 1. The second kappa shape index (κ2) is 6.74. The smallest absolute Gasteiger partial charge is 0.315 e. The first-order valence-corrected chi connectivity index (χ1v) is 8.07. The highest BCUT2D eigenvalue weighted by molar-refractivity contribution is 5.85. The third-order valence-electron chi connectivity index (χ3n) is 4.30. The first-order valence-electron chi connectivity index (χ1n) is 8.07. The normalized spacial score (nSPS) is 12.1. The molecule has 0 spiro atoms. The molecule has 124 valence electrons. The van der Waals surface area contributed by atoms with Gasteiger partial charge in [0, 0.05) is 29.3 Å². The maximum absolute atomic E-state index is 12.1. The minimum Gasteiger partial charge on any atom is -0.358 e. The van der Waals surface area contributed by atoms with Crippen LogP contribution in [0.5, 0.6) is 0 Å². The van der Waals surface area contributed by atoms with E-state index in [0.717, 1.165) is 16.8 Å². The zero-order chi connectivity index (χ0) is 17.1. The molecule has 0 aliphatic carbocycles. The molecule has 5 nitrogen and oxygen atoms in total. The molecule has 1 atom stereocenters. The van der Waals surface area contributed by atoms with E-state index in [2.05, 4.69) is 46.6 Å². The van der Waals surface area contributed by atoms with E-state index >= 15 is 0 Å². The predicted molar refractivity (Wildman–Crippen MR) is 95.8 cm³/mol. The van der Waals surface area contributed by atoms with Gasteiger partial charge in [-0.05, 0) is 56.2 Å². The summed E-state index contributed by atoms with van der Waals surface area (Å²) >= 11 is 0. The first kappa shape index (κ1) is 16.1. The van der Waals surface area contributed by atoms with Crippen LogP contribution in [0.15, 0.2) is 42.6 Å². The number of pyridine rings is 1. The molecule has 5 heteroatoms. The standard InChI is InChI=1S/C19H22N4O/c1-12-13(2)22-18-8-7-15(10-16(12)18)11-21-19(24)23-14(3)17-6-4-5-9-20-17/h4-10,14,22H,11H2,1-3H3,(H2,21,23,24)/t14-/m0/s1. The molecule has 1 aromatic carbocycles. The van der Waals surface area contributed by atoms with Gasteiger partial charge in [0.1, 0.15) is 0 Å². The molecular weight excluding hydrogens is 300 g/mol. The van der Waals surface area contributed by atoms with Gasteiger partial charge in [-0.1, -0.05) is 12.1 Å². The van der Waals surface area contributed by atoms with Crippen molar-refractivity contribution >= 4 is 16.9 Å². The molecule has 0 saturated carbocycles. The minimum absolute atomic E-state index is 0.136. The molecule has 2 heterocycles. The van der Waals surface area contributed by atoms with Gasteiger partial charge in [-0.3, -0.25) is 4.98 Å². The molecular formula is C19H22N4O. The number of nitrogens with one attached hydrogen (secondary N) is 3. The van der Waals surface area contributed by atoms with E-state index in [1.165, 1.54) is 16.6 Å². The third-order valence-corrected chi connectivity index (χ3v) is 4.30. The number of H-pyrrole nitrogens is 1. The van der Waals surface area contributed by atoms with Gasteiger partial charge in [-0.15, -0.1) is 0 Å². The molecule has 24 heavy (non-hydrogen) atoms. The zero-order valence-electron chi connectivity index (χ0n) is 14.2. The highest BCUT2D eigenvalue weighted by Crippen LogP contribution is 2.22. The highest BCUT2D eigenvalue weighted by atomic mass is 16.2. The van der Waals surface area contributed by atoms with Crippen LogP contribution in [0.2, 0.25) is 0 Å². The van der Waals surface area contributed by atoms with Crippen LogP contribution in [-0.4, -0.2) is 16.0 Å². The maximum atomic E-state index is 12.1. The van der Waals surface area contributed by atoms with Crippen LogP contribution in [-0.2, 0) is 6.54 Å². The zero-order valence-corrected chi connectivity index (χ0v) is 14.2. The Morgan fingerprint density at radius 2 is 2.08 bits per heavy atom. The SMILES string of the molecule is Cc1[nH]c2ccc(CNC(=O)N[C@@H](C)c3ccccn3)cc2c1C. The molecule has 0 saturated heterocycles. The number of aromatic nitrogens is 2. The van der Waals surface area contributed by atoms with E-state index in [1.54, 1.807) is 6.20 Å². The van der Waals surface area contributed by atoms with Gasteiger partial charge in [0.15, 0.2) is 0 Å². The summed E-state index contributed by atoms with van der Waals surface area (Å²) in [4.78, 5) is 19.7. The van der Waals surface area contributed by atoms with Crippen LogP contribution in [0.1, 0.15) is 35.5 Å². The molecule has 2 amide bonds. The molecule has 0 radical (unpaired) electrons. The van der Waals surface area contributed by atoms with Crippen molar-refractivity contribution in [1.29, 1.82) is 0 Å². The fourth-order valence-corrected chi connectivity index (χ4v) is 2.75. The second-order valence-corrected chi connectivity index (χ2v) is 6.06. The Bertz CT molecular complexity index is 854. The lowest BCUT2D eigenvalue weighted by molar-refractivity contribution is 0.237. The van der Waals surface area contributed by atoms with E-state index in [4.69, 9.17) is 0 Å². The number of amides is 2. The van der Waals surface area contributed by atoms with Crippen LogP contribution in [0.4, 0.5) is 4.79 Å². The second-order valence-electron chi connectivity index (χ2n) is 6.06. The summed E-state index contributed by atoms with van der Waals surface area (Å²) in [6, 6.07) is 11.5. The van der Waals surface area contributed by atoms with Crippen molar-refractivity contribution in [3.05, 3.63) is 65.1 Å². The molecule has 3 N–H and O–H groups in total. The van der Waals surface area contributed by atoms with Crippen molar-refractivity contribution in [2.24, 2.45) is 0 Å². The van der Waals surface area contributed by atoms with Crippen LogP contribution in [0.25, 0.3) is 10.9 Å². The van der Waals surface area contributed by atoms with Crippen LogP contribution in [0, 0.1) is 13.8 Å². The van der Waals surface area contributed by atoms with Crippen molar-refractivity contribution < 1.29 is 4.79 Å². The Balaban J connectivity index is 1.61. The summed E-state index contributed by atoms with van der Waals surface area (Å²) in [7, 11) is 0. The van der Waals surface area contributed by atoms with Crippen molar-refractivity contribution in [1.82, 2.24) is 20.6 Å². The number of fused-ring (bicyclic) bond motifs is 1. The molecule has 3 rings (SSSR count). The number of aryl methyl sites for hydroxylation is 2. The van der Waals surface area contributed by atoms with E-state index in [0.29, 0.717) is 6.54 Å². The van der Waals surface area contributed by atoms with Crippen molar-refractivity contribution in [3.63, 3.8) is 0 Å². The molecule has 2 aromatic heterocycles. The van der Waals surface area contributed by atoms with E-state index in [-0.39, 0.29) is 12.1 Å². The topological polar surface area (TPSA) is 69.8 Å². The summed E-state index contributed by atoms with van der Waals surface area (Å²) in [6.07, 6.45) is 1.72. The van der Waals surface area contributed by atoms with Crippen LogP contribution < -0.4 is 10.6 Å². The fourth-order valence-electron chi connectivity index (χ4n) is 2.75. The number of hydrogen-bond donors (Lipinski definition) is 3. The maximum Gasteiger partial charge on any atom is 0.315 e. The van der Waals surface area contributed by atoms with Crippen molar-refractivity contribution in [2.45, 2.75) is 33.4 Å². The molecule has 0 aliphatic rings. The van der Waals surface area contributed by atoms with Gasteiger partial charge in [-0.2, -0.15) is 0 Å². The van der Waals surface area contributed by atoms with Gasteiger partial charge < -0.3 is 15.6 Å². The Labute approximate surface area is 141 Å². The Kier molecular flexibility index (Phi) is 4.51. The Morgan fingerprint density at radius 1 is 1.25 bits per heavy atom. The Morgan fingerprint density at radius 3 is 2.83 bits per heavy atom. The monoisotopic (exact) mass is 322 g/mol. The quantitative estimate of drug-likeness (QED) is 0.685. The van der Waals surface area contributed by atoms with Crippen LogP contribution in [0.3, 0.4) is 0 Å². The summed E-state index contributed by atoms with van der Waals surface area (Å²) in [5.74, 6) is 0.